The lowest BCUT2D eigenvalue weighted by Gasteiger charge is -2.07. The second-order valence-corrected chi connectivity index (χ2v) is 5.26. The molecular weight excluding hydrogens is 264 g/mol. The number of anilines is 1. The van der Waals surface area contributed by atoms with Crippen LogP contribution in [0.2, 0.25) is 0 Å². The average Bonchev–Trinajstić information content (AvgIpc) is 2.62. The summed E-state index contributed by atoms with van der Waals surface area (Å²) in [6.45, 7) is 8.74. The summed E-state index contributed by atoms with van der Waals surface area (Å²) in [6, 6.07) is 0. The number of esters is 1. The summed E-state index contributed by atoms with van der Waals surface area (Å²) in [5, 5.41) is 6.27. The van der Waals surface area contributed by atoms with Gasteiger partial charge in [-0.2, -0.15) is 0 Å². The summed E-state index contributed by atoms with van der Waals surface area (Å²) in [6.07, 6.45) is 0. The van der Waals surface area contributed by atoms with Gasteiger partial charge in [-0.25, -0.2) is 4.79 Å². The van der Waals surface area contributed by atoms with Gasteiger partial charge < -0.3 is 15.4 Å². The first-order valence-corrected chi connectivity index (χ1v) is 7.10. The molecule has 2 N–H and O–H groups in total. The lowest BCUT2D eigenvalue weighted by Crippen LogP contribution is -2.28. The quantitative estimate of drug-likeness (QED) is 0.785. The minimum absolute atomic E-state index is 0.159. The summed E-state index contributed by atoms with van der Waals surface area (Å²) in [4.78, 5) is 24.6. The molecule has 0 aliphatic heterocycles. The molecule has 1 heterocycles. The van der Waals surface area contributed by atoms with Crippen LogP contribution in [0.15, 0.2) is 0 Å². The molecule has 0 aromatic carbocycles. The zero-order chi connectivity index (χ0) is 14.4. The van der Waals surface area contributed by atoms with Gasteiger partial charge in [-0.1, -0.05) is 6.92 Å². The van der Waals surface area contributed by atoms with Crippen LogP contribution in [0.3, 0.4) is 0 Å². The maximum absolute atomic E-state index is 11.9. The van der Waals surface area contributed by atoms with Crippen molar-refractivity contribution in [2.45, 2.75) is 27.7 Å². The number of carbonyl (C=O) groups excluding carboxylic acids is 2. The predicted molar refractivity (Wildman–Crippen MR) is 76.9 cm³/mol. The molecule has 1 amide bonds. The Balaban J connectivity index is 2.91. The van der Waals surface area contributed by atoms with E-state index in [-0.39, 0.29) is 18.4 Å². The van der Waals surface area contributed by atoms with Gasteiger partial charge in [-0.3, -0.25) is 4.79 Å². The molecule has 0 aliphatic rings. The zero-order valence-electron chi connectivity index (χ0n) is 11.8. The second kappa shape index (κ2) is 7.25. The fourth-order valence-corrected chi connectivity index (χ4v) is 2.64. The monoisotopic (exact) mass is 284 g/mol. The maximum Gasteiger partial charge on any atom is 0.341 e. The van der Waals surface area contributed by atoms with E-state index in [0.717, 1.165) is 17.0 Å². The van der Waals surface area contributed by atoms with Gasteiger partial charge >= 0.3 is 5.97 Å². The van der Waals surface area contributed by atoms with Crippen LogP contribution in [0.1, 0.15) is 34.6 Å². The fraction of sp³-hybridized carbons (Fsp3) is 0.538. The van der Waals surface area contributed by atoms with Crippen molar-refractivity contribution in [3.63, 3.8) is 0 Å². The Labute approximate surface area is 117 Å². The van der Waals surface area contributed by atoms with E-state index in [4.69, 9.17) is 4.74 Å². The number of nitrogens with one attached hydrogen (secondary N) is 2. The van der Waals surface area contributed by atoms with Gasteiger partial charge in [0.25, 0.3) is 0 Å². The van der Waals surface area contributed by atoms with E-state index in [0.29, 0.717) is 17.2 Å². The molecule has 0 bridgehead atoms. The predicted octanol–water partition coefficient (Wildman–Crippen LogP) is 2.09. The highest BCUT2D eigenvalue weighted by atomic mass is 32.1. The van der Waals surface area contributed by atoms with Gasteiger partial charge in [0.2, 0.25) is 5.91 Å². The molecule has 0 spiro atoms. The third kappa shape index (κ3) is 4.04. The number of hydrogen-bond donors (Lipinski definition) is 2. The third-order valence-corrected chi connectivity index (χ3v) is 3.78. The Morgan fingerprint density at radius 2 is 1.95 bits per heavy atom. The van der Waals surface area contributed by atoms with Crippen LogP contribution in [0.4, 0.5) is 5.00 Å². The Morgan fingerprint density at radius 1 is 1.26 bits per heavy atom. The lowest BCUT2D eigenvalue weighted by atomic mass is 10.1. The van der Waals surface area contributed by atoms with E-state index in [9.17, 15) is 9.59 Å². The summed E-state index contributed by atoms with van der Waals surface area (Å²) in [7, 11) is 0. The van der Waals surface area contributed by atoms with E-state index in [2.05, 4.69) is 10.6 Å². The summed E-state index contributed by atoms with van der Waals surface area (Å²) < 4.78 is 5.03. The van der Waals surface area contributed by atoms with Crippen molar-refractivity contribution < 1.29 is 14.3 Å². The topological polar surface area (TPSA) is 67.4 Å². The number of rotatable bonds is 6. The average molecular weight is 284 g/mol. The number of thiophene rings is 1. The molecule has 0 saturated heterocycles. The number of ether oxygens (including phenoxy) is 1. The van der Waals surface area contributed by atoms with E-state index in [1.165, 1.54) is 11.3 Å². The minimum atomic E-state index is -0.386. The van der Waals surface area contributed by atoms with E-state index >= 15 is 0 Å². The highest BCUT2D eigenvalue weighted by molar-refractivity contribution is 7.16. The number of hydrogen-bond acceptors (Lipinski definition) is 5. The van der Waals surface area contributed by atoms with Crippen molar-refractivity contribution in [1.82, 2.24) is 5.32 Å². The van der Waals surface area contributed by atoms with Crippen molar-refractivity contribution >= 4 is 28.2 Å². The Hall–Kier alpha value is -1.40. The molecule has 5 nitrogen and oxygen atoms in total. The van der Waals surface area contributed by atoms with Crippen LogP contribution in [0.5, 0.6) is 0 Å². The van der Waals surface area contributed by atoms with Gasteiger partial charge in [-0.15, -0.1) is 11.3 Å². The van der Waals surface area contributed by atoms with Crippen LogP contribution in [0.25, 0.3) is 0 Å². The lowest BCUT2D eigenvalue weighted by molar-refractivity contribution is -0.115. The molecule has 0 unspecified atom stereocenters. The smallest absolute Gasteiger partial charge is 0.341 e. The minimum Gasteiger partial charge on any atom is -0.462 e. The maximum atomic E-state index is 11.9. The molecule has 6 heteroatoms. The van der Waals surface area contributed by atoms with E-state index in [1.54, 1.807) is 6.92 Å². The Kier molecular flexibility index (Phi) is 5.98. The van der Waals surface area contributed by atoms with Crippen LogP contribution in [-0.4, -0.2) is 31.6 Å². The molecule has 0 aliphatic carbocycles. The molecule has 0 atom stereocenters. The van der Waals surface area contributed by atoms with Gasteiger partial charge in [0, 0.05) is 4.88 Å². The van der Waals surface area contributed by atoms with Crippen LogP contribution in [-0.2, 0) is 9.53 Å². The summed E-state index contributed by atoms with van der Waals surface area (Å²) in [5.74, 6) is -0.545. The molecule has 1 aromatic rings. The Bertz CT molecular complexity index is 469. The number of likely N-dealkylation sites (N-methyl/N-ethyl adjacent to an activating group) is 1. The number of carbonyl (C=O) groups is 2. The standard InChI is InChI=1S/C13H20N2O3S/c1-5-14-7-10(16)15-12-11(13(17)18-6-2)8(3)9(4)19-12/h14H,5-7H2,1-4H3,(H,15,16). The molecule has 1 aromatic heterocycles. The number of aryl methyl sites for hydroxylation is 1. The zero-order valence-corrected chi connectivity index (χ0v) is 12.6. The summed E-state index contributed by atoms with van der Waals surface area (Å²) in [5.41, 5.74) is 1.33. The molecule has 19 heavy (non-hydrogen) atoms. The molecule has 0 fully saturated rings. The van der Waals surface area contributed by atoms with E-state index < -0.39 is 0 Å². The fourth-order valence-electron chi connectivity index (χ4n) is 1.57. The number of amides is 1. The molecular formula is C13H20N2O3S. The van der Waals surface area contributed by atoms with Crippen LogP contribution >= 0.6 is 11.3 Å². The first-order valence-electron chi connectivity index (χ1n) is 6.28. The van der Waals surface area contributed by atoms with Crippen LogP contribution < -0.4 is 10.6 Å². The third-order valence-electron chi connectivity index (χ3n) is 2.65. The highest BCUT2D eigenvalue weighted by Crippen LogP contribution is 2.32. The van der Waals surface area contributed by atoms with Gasteiger partial charge in [0.05, 0.1) is 18.7 Å². The van der Waals surface area contributed by atoms with Gasteiger partial charge in [0.15, 0.2) is 0 Å². The van der Waals surface area contributed by atoms with Crippen molar-refractivity contribution in [2.24, 2.45) is 0 Å². The van der Waals surface area contributed by atoms with Crippen molar-refractivity contribution in [3.8, 4) is 0 Å². The molecule has 0 saturated carbocycles. The van der Waals surface area contributed by atoms with E-state index in [1.807, 2.05) is 20.8 Å². The first kappa shape index (κ1) is 15.7. The molecule has 0 radical (unpaired) electrons. The normalized spacial score (nSPS) is 10.3. The van der Waals surface area contributed by atoms with Crippen molar-refractivity contribution in [2.75, 3.05) is 25.0 Å². The first-order chi connectivity index (χ1) is 9.01. The molecule has 1 rings (SSSR count). The second-order valence-electron chi connectivity index (χ2n) is 4.04. The summed E-state index contributed by atoms with van der Waals surface area (Å²) >= 11 is 1.40. The van der Waals surface area contributed by atoms with Crippen molar-refractivity contribution in [3.05, 3.63) is 16.0 Å². The van der Waals surface area contributed by atoms with Crippen molar-refractivity contribution in [1.29, 1.82) is 0 Å². The SMILES string of the molecule is CCNCC(=O)Nc1sc(C)c(C)c1C(=O)OCC. The highest BCUT2D eigenvalue weighted by Gasteiger charge is 2.21. The largest absolute Gasteiger partial charge is 0.462 e. The van der Waals surface area contributed by atoms with Gasteiger partial charge in [-0.05, 0) is 32.9 Å². The Morgan fingerprint density at radius 3 is 2.53 bits per heavy atom. The van der Waals surface area contributed by atoms with Crippen LogP contribution in [0, 0.1) is 13.8 Å². The molecule has 106 valence electrons. The van der Waals surface area contributed by atoms with Gasteiger partial charge in [0.1, 0.15) is 5.00 Å².